The molecule has 3 amide bonds. The number of nitrogens with one attached hydrogen (secondary N) is 3. The van der Waals surface area contributed by atoms with Crippen molar-refractivity contribution in [3.05, 3.63) is 65.2 Å². The number of hydrogen-bond acceptors (Lipinski definition) is 4. The van der Waals surface area contributed by atoms with Crippen LogP contribution in [0.1, 0.15) is 54.0 Å². The van der Waals surface area contributed by atoms with Crippen LogP contribution in [0.25, 0.3) is 0 Å². The fourth-order valence-electron chi connectivity index (χ4n) is 2.70. The molecule has 0 aliphatic rings. The topological polar surface area (TPSA) is 108 Å². The normalized spacial score (nSPS) is 12.0. The van der Waals surface area contributed by atoms with E-state index < -0.39 is 6.04 Å². The van der Waals surface area contributed by atoms with Crippen molar-refractivity contribution >= 4 is 17.7 Å². The van der Waals surface area contributed by atoms with Gasteiger partial charge in [0.2, 0.25) is 5.91 Å². The van der Waals surface area contributed by atoms with Gasteiger partial charge < -0.3 is 21.1 Å². The second-order valence-corrected chi connectivity index (χ2v) is 8.12. The average Bonchev–Trinajstić information content (AvgIpc) is 2.70. The summed E-state index contributed by atoms with van der Waals surface area (Å²) in [7, 11) is 0. The molecule has 30 heavy (non-hydrogen) atoms. The minimum absolute atomic E-state index is 0.000112. The van der Waals surface area contributed by atoms with Crippen LogP contribution in [0.5, 0.6) is 5.75 Å². The fraction of sp³-hybridized carbons (Fsp3) is 0.348. The number of phenols is 1. The number of carbonyl (C=O) groups is 3. The maximum absolute atomic E-state index is 12.4. The van der Waals surface area contributed by atoms with Gasteiger partial charge >= 0.3 is 0 Å². The molecular weight excluding hydrogens is 382 g/mol. The summed E-state index contributed by atoms with van der Waals surface area (Å²) in [5, 5.41) is 17.3. The van der Waals surface area contributed by atoms with E-state index in [9.17, 15) is 19.5 Å². The van der Waals surface area contributed by atoms with Gasteiger partial charge in [-0.25, -0.2) is 0 Å². The summed E-state index contributed by atoms with van der Waals surface area (Å²) in [4.78, 5) is 36.5. The molecule has 0 bridgehead atoms. The average molecular weight is 412 g/mol. The standard InChI is InChI=1S/C23H29N3O4/c1-15(26-22(30)17-5-9-18(10-6-17)23(2,3)4)20(28)24-13-14-25-21(29)16-7-11-19(27)12-8-16/h5-12,15,27H,13-14H2,1-4H3,(H,24,28)(H,25,29)(H,26,30). The van der Waals surface area contributed by atoms with Gasteiger partial charge in [0, 0.05) is 24.2 Å². The van der Waals surface area contributed by atoms with E-state index in [0.29, 0.717) is 11.1 Å². The highest BCUT2D eigenvalue weighted by molar-refractivity contribution is 5.97. The maximum Gasteiger partial charge on any atom is 0.251 e. The molecule has 4 N–H and O–H groups in total. The largest absolute Gasteiger partial charge is 0.508 e. The molecule has 0 radical (unpaired) electrons. The highest BCUT2D eigenvalue weighted by atomic mass is 16.3. The lowest BCUT2D eigenvalue weighted by Gasteiger charge is -2.19. The Kier molecular flexibility index (Phi) is 7.58. The monoisotopic (exact) mass is 411 g/mol. The van der Waals surface area contributed by atoms with Gasteiger partial charge in [-0.2, -0.15) is 0 Å². The third-order valence-electron chi connectivity index (χ3n) is 4.59. The van der Waals surface area contributed by atoms with Gasteiger partial charge in [-0.15, -0.1) is 0 Å². The molecule has 1 unspecified atom stereocenters. The molecule has 1 atom stereocenters. The van der Waals surface area contributed by atoms with Gasteiger partial charge in [-0.05, 0) is 54.3 Å². The smallest absolute Gasteiger partial charge is 0.251 e. The first kappa shape index (κ1) is 22.9. The Morgan fingerprint density at radius 2 is 1.33 bits per heavy atom. The van der Waals surface area contributed by atoms with Crippen LogP contribution in [0.4, 0.5) is 0 Å². The van der Waals surface area contributed by atoms with E-state index in [1.807, 2.05) is 12.1 Å². The summed E-state index contributed by atoms with van der Waals surface area (Å²) in [6, 6.07) is 12.5. The van der Waals surface area contributed by atoms with Gasteiger partial charge in [-0.1, -0.05) is 32.9 Å². The van der Waals surface area contributed by atoms with Crippen LogP contribution < -0.4 is 16.0 Å². The quantitative estimate of drug-likeness (QED) is 0.525. The molecule has 0 saturated carbocycles. The van der Waals surface area contributed by atoms with Crippen LogP contribution >= 0.6 is 0 Å². The number of benzene rings is 2. The van der Waals surface area contributed by atoms with E-state index >= 15 is 0 Å². The van der Waals surface area contributed by atoms with Crippen molar-refractivity contribution in [3.63, 3.8) is 0 Å². The Bertz CT molecular complexity index is 884. The van der Waals surface area contributed by atoms with Crippen molar-refractivity contribution in [3.8, 4) is 5.75 Å². The third-order valence-corrected chi connectivity index (χ3v) is 4.59. The minimum atomic E-state index is -0.715. The van der Waals surface area contributed by atoms with Crippen LogP contribution in [0.2, 0.25) is 0 Å². The lowest BCUT2D eigenvalue weighted by atomic mass is 9.86. The summed E-state index contributed by atoms with van der Waals surface area (Å²) in [5.74, 6) is -0.878. The van der Waals surface area contributed by atoms with Crippen LogP contribution in [-0.2, 0) is 10.2 Å². The molecule has 0 aliphatic carbocycles. The van der Waals surface area contributed by atoms with Gasteiger partial charge in [0.05, 0.1) is 0 Å². The van der Waals surface area contributed by atoms with Gasteiger partial charge in [0.1, 0.15) is 11.8 Å². The molecule has 0 spiro atoms. The molecule has 7 nitrogen and oxygen atoms in total. The van der Waals surface area contributed by atoms with E-state index in [-0.39, 0.29) is 42.0 Å². The van der Waals surface area contributed by atoms with Crippen molar-refractivity contribution < 1.29 is 19.5 Å². The summed E-state index contributed by atoms with van der Waals surface area (Å²) >= 11 is 0. The van der Waals surface area contributed by atoms with Gasteiger partial charge in [-0.3, -0.25) is 14.4 Å². The molecule has 0 saturated heterocycles. The highest BCUT2D eigenvalue weighted by Crippen LogP contribution is 2.22. The van der Waals surface area contributed by atoms with Gasteiger partial charge in [0.15, 0.2) is 0 Å². The lowest BCUT2D eigenvalue weighted by Crippen LogP contribution is -2.46. The molecule has 160 valence electrons. The van der Waals surface area contributed by atoms with E-state index in [4.69, 9.17) is 0 Å². The van der Waals surface area contributed by atoms with Gasteiger partial charge in [0.25, 0.3) is 11.8 Å². The molecular formula is C23H29N3O4. The minimum Gasteiger partial charge on any atom is -0.508 e. The molecule has 0 aromatic heterocycles. The summed E-state index contributed by atoms with van der Waals surface area (Å²) in [6.45, 7) is 8.36. The second kappa shape index (κ2) is 9.91. The summed E-state index contributed by atoms with van der Waals surface area (Å²) < 4.78 is 0. The Balaban J connectivity index is 1.75. The first-order valence-corrected chi connectivity index (χ1v) is 9.84. The number of amides is 3. The zero-order chi connectivity index (χ0) is 22.3. The summed E-state index contributed by atoms with van der Waals surface area (Å²) in [6.07, 6.45) is 0. The van der Waals surface area contributed by atoms with Crippen molar-refractivity contribution in [1.82, 2.24) is 16.0 Å². The number of hydrogen-bond donors (Lipinski definition) is 4. The van der Waals surface area contributed by atoms with E-state index in [1.54, 1.807) is 19.1 Å². The fourth-order valence-corrected chi connectivity index (χ4v) is 2.70. The maximum atomic E-state index is 12.4. The Labute approximate surface area is 176 Å². The highest BCUT2D eigenvalue weighted by Gasteiger charge is 2.18. The Morgan fingerprint density at radius 3 is 1.90 bits per heavy atom. The predicted octanol–water partition coefficient (Wildman–Crippen LogP) is 2.35. The van der Waals surface area contributed by atoms with Crippen molar-refractivity contribution in [2.45, 2.75) is 39.2 Å². The van der Waals surface area contributed by atoms with Crippen LogP contribution in [0.3, 0.4) is 0 Å². The van der Waals surface area contributed by atoms with Crippen LogP contribution in [0.15, 0.2) is 48.5 Å². The molecule has 0 heterocycles. The first-order valence-electron chi connectivity index (χ1n) is 9.84. The first-order chi connectivity index (χ1) is 14.1. The number of rotatable bonds is 7. The molecule has 2 aromatic rings. The summed E-state index contributed by atoms with van der Waals surface area (Å²) in [5.41, 5.74) is 2.03. The number of phenolic OH excluding ortho intramolecular Hbond substituents is 1. The SMILES string of the molecule is CC(NC(=O)c1ccc(C(C)(C)C)cc1)C(=O)NCCNC(=O)c1ccc(O)cc1. The Morgan fingerprint density at radius 1 is 0.833 bits per heavy atom. The van der Waals surface area contributed by atoms with E-state index in [1.165, 1.54) is 24.3 Å². The number of aromatic hydroxyl groups is 1. The second-order valence-electron chi connectivity index (χ2n) is 8.12. The molecule has 0 aliphatic heterocycles. The molecule has 0 fully saturated rings. The zero-order valence-corrected chi connectivity index (χ0v) is 17.8. The zero-order valence-electron chi connectivity index (χ0n) is 17.8. The molecule has 2 aromatic carbocycles. The Hall–Kier alpha value is -3.35. The number of carbonyl (C=O) groups excluding carboxylic acids is 3. The van der Waals surface area contributed by atoms with E-state index in [2.05, 4.69) is 36.7 Å². The van der Waals surface area contributed by atoms with Crippen LogP contribution in [-0.4, -0.2) is 42.0 Å². The van der Waals surface area contributed by atoms with Crippen molar-refractivity contribution in [2.24, 2.45) is 0 Å². The van der Waals surface area contributed by atoms with Crippen LogP contribution in [0, 0.1) is 0 Å². The predicted molar refractivity (Wildman–Crippen MR) is 116 cm³/mol. The van der Waals surface area contributed by atoms with Crippen molar-refractivity contribution in [2.75, 3.05) is 13.1 Å². The third kappa shape index (κ3) is 6.62. The van der Waals surface area contributed by atoms with E-state index in [0.717, 1.165) is 5.56 Å². The van der Waals surface area contributed by atoms with Crippen molar-refractivity contribution in [1.29, 1.82) is 0 Å². The molecule has 7 heteroatoms. The molecule has 2 rings (SSSR count). The lowest BCUT2D eigenvalue weighted by molar-refractivity contribution is -0.122.